The van der Waals surface area contributed by atoms with Crippen LogP contribution in [0.1, 0.15) is 30.7 Å². The standard InChI is InChI=1S/C19H21N3O/c1-14(2)23-19-17(13-16-9-5-4-6-10-16)15(3)22(21-19)18-11-7-8-12-20-18/h4-12,14H,13H2,1-3H3. The van der Waals surface area contributed by atoms with Crippen LogP contribution in [0.3, 0.4) is 0 Å². The molecule has 2 aromatic heterocycles. The van der Waals surface area contributed by atoms with Crippen molar-refractivity contribution < 1.29 is 4.74 Å². The van der Waals surface area contributed by atoms with Gasteiger partial charge < -0.3 is 4.74 Å². The molecule has 4 heteroatoms. The minimum atomic E-state index is 0.0796. The molecule has 0 aliphatic rings. The van der Waals surface area contributed by atoms with Crippen molar-refractivity contribution in [2.24, 2.45) is 0 Å². The van der Waals surface area contributed by atoms with E-state index >= 15 is 0 Å². The Morgan fingerprint density at radius 1 is 1.04 bits per heavy atom. The monoisotopic (exact) mass is 307 g/mol. The fourth-order valence-electron chi connectivity index (χ4n) is 2.53. The second kappa shape index (κ2) is 6.65. The summed E-state index contributed by atoms with van der Waals surface area (Å²) in [6.07, 6.45) is 2.65. The lowest BCUT2D eigenvalue weighted by molar-refractivity contribution is 0.229. The van der Waals surface area contributed by atoms with Gasteiger partial charge in [-0.15, -0.1) is 5.10 Å². The minimum Gasteiger partial charge on any atom is -0.474 e. The summed E-state index contributed by atoms with van der Waals surface area (Å²) < 4.78 is 7.80. The zero-order valence-electron chi connectivity index (χ0n) is 13.7. The Labute approximate surface area is 136 Å². The third kappa shape index (κ3) is 3.42. The van der Waals surface area contributed by atoms with Gasteiger partial charge in [0, 0.05) is 18.2 Å². The average Bonchev–Trinajstić information content (AvgIpc) is 2.85. The molecule has 0 fully saturated rings. The van der Waals surface area contributed by atoms with Gasteiger partial charge in [-0.05, 0) is 38.5 Å². The molecule has 2 heterocycles. The molecule has 0 aliphatic carbocycles. The van der Waals surface area contributed by atoms with Gasteiger partial charge in [0.15, 0.2) is 5.82 Å². The number of pyridine rings is 1. The molecule has 0 radical (unpaired) electrons. The lowest BCUT2D eigenvalue weighted by Gasteiger charge is -2.09. The van der Waals surface area contributed by atoms with E-state index < -0.39 is 0 Å². The van der Waals surface area contributed by atoms with Gasteiger partial charge in [0.05, 0.1) is 11.8 Å². The van der Waals surface area contributed by atoms with Crippen LogP contribution in [0.2, 0.25) is 0 Å². The van der Waals surface area contributed by atoms with Gasteiger partial charge in [0.2, 0.25) is 5.88 Å². The number of hydrogen-bond acceptors (Lipinski definition) is 3. The van der Waals surface area contributed by atoms with Gasteiger partial charge in [0.1, 0.15) is 0 Å². The van der Waals surface area contributed by atoms with E-state index in [-0.39, 0.29) is 6.10 Å². The van der Waals surface area contributed by atoms with E-state index in [0.29, 0.717) is 5.88 Å². The summed E-state index contributed by atoms with van der Waals surface area (Å²) in [7, 11) is 0. The molecule has 0 unspecified atom stereocenters. The molecule has 0 amide bonds. The largest absolute Gasteiger partial charge is 0.474 e. The van der Waals surface area contributed by atoms with Crippen molar-refractivity contribution in [3.05, 3.63) is 71.5 Å². The van der Waals surface area contributed by atoms with Gasteiger partial charge in [-0.2, -0.15) is 0 Å². The molecule has 0 bridgehead atoms. The van der Waals surface area contributed by atoms with Crippen molar-refractivity contribution in [3.8, 4) is 11.7 Å². The molecule has 3 rings (SSSR count). The van der Waals surface area contributed by atoms with Crippen LogP contribution in [0.15, 0.2) is 54.7 Å². The van der Waals surface area contributed by atoms with Crippen LogP contribution in [-0.4, -0.2) is 20.9 Å². The van der Waals surface area contributed by atoms with Crippen molar-refractivity contribution in [2.75, 3.05) is 0 Å². The lowest BCUT2D eigenvalue weighted by atomic mass is 10.1. The van der Waals surface area contributed by atoms with Gasteiger partial charge in [-0.3, -0.25) is 0 Å². The predicted molar refractivity (Wildman–Crippen MR) is 91.1 cm³/mol. The Balaban J connectivity index is 2.04. The first kappa shape index (κ1) is 15.3. The van der Waals surface area contributed by atoms with Crippen LogP contribution < -0.4 is 4.74 Å². The molecule has 0 saturated carbocycles. The maximum absolute atomic E-state index is 5.94. The van der Waals surface area contributed by atoms with E-state index in [9.17, 15) is 0 Å². The zero-order valence-corrected chi connectivity index (χ0v) is 13.7. The topological polar surface area (TPSA) is 39.9 Å². The predicted octanol–water partition coefficient (Wildman–Crippen LogP) is 3.95. The van der Waals surface area contributed by atoms with Crippen LogP contribution >= 0.6 is 0 Å². The van der Waals surface area contributed by atoms with Crippen molar-refractivity contribution in [1.29, 1.82) is 0 Å². The third-order valence-corrected chi connectivity index (χ3v) is 3.64. The summed E-state index contributed by atoms with van der Waals surface area (Å²) in [6.45, 7) is 6.09. The number of benzene rings is 1. The first-order chi connectivity index (χ1) is 11.1. The number of rotatable bonds is 5. The average molecular weight is 307 g/mol. The van der Waals surface area contributed by atoms with Gasteiger partial charge >= 0.3 is 0 Å². The lowest BCUT2D eigenvalue weighted by Crippen LogP contribution is -2.08. The summed E-state index contributed by atoms with van der Waals surface area (Å²) >= 11 is 0. The fourth-order valence-corrected chi connectivity index (χ4v) is 2.53. The number of ether oxygens (including phenoxy) is 1. The summed E-state index contributed by atoms with van der Waals surface area (Å²) in [5, 5.41) is 4.65. The Morgan fingerprint density at radius 2 is 1.78 bits per heavy atom. The minimum absolute atomic E-state index is 0.0796. The Kier molecular flexibility index (Phi) is 4.42. The highest BCUT2D eigenvalue weighted by Crippen LogP contribution is 2.27. The molecule has 0 spiro atoms. The molecule has 0 N–H and O–H groups in total. The smallest absolute Gasteiger partial charge is 0.237 e. The van der Waals surface area contributed by atoms with E-state index in [0.717, 1.165) is 23.5 Å². The fraction of sp³-hybridized carbons (Fsp3) is 0.263. The Hall–Kier alpha value is -2.62. The SMILES string of the molecule is Cc1c(Cc2ccccc2)c(OC(C)C)nn1-c1ccccn1. The first-order valence-corrected chi connectivity index (χ1v) is 7.85. The Bertz CT molecular complexity index is 764. The molecule has 0 atom stereocenters. The van der Waals surface area contributed by atoms with E-state index in [1.54, 1.807) is 6.20 Å². The van der Waals surface area contributed by atoms with E-state index in [1.807, 2.05) is 42.8 Å². The molecule has 3 aromatic rings. The Morgan fingerprint density at radius 3 is 2.43 bits per heavy atom. The van der Waals surface area contributed by atoms with Crippen molar-refractivity contribution >= 4 is 0 Å². The molecule has 1 aromatic carbocycles. The molecule has 0 saturated heterocycles. The maximum Gasteiger partial charge on any atom is 0.237 e. The van der Waals surface area contributed by atoms with Crippen LogP contribution in [0, 0.1) is 6.92 Å². The van der Waals surface area contributed by atoms with Gasteiger partial charge in [-0.1, -0.05) is 36.4 Å². The summed E-state index contributed by atoms with van der Waals surface area (Å²) in [6, 6.07) is 16.2. The van der Waals surface area contributed by atoms with Gasteiger partial charge in [0.25, 0.3) is 0 Å². The third-order valence-electron chi connectivity index (χ3n) is 3.64. The summed E-state index contributed by atoms with van der Waals surface area (Å²) in [4.78, 5) is 4.40. The molecule has 4 nitrogen and oxygen atoms in total. The number of aromatic nitrogens is 3. The van der Waals surface area contributed by atoms with Crippen molar-refractivity contribution in [2.45, 2.75) is 33.3 Å². The first-order valence-electron chi connectivity index (χ1n) is 7.85. The van der Waals surface area contributed by atoms with Gasteiger partial charge in [-0.25, -0.2) is 9.67 Å². The van der Waals surface area contributed by atoms with E-state index in [2.05, 4.69) is 41.3 Å². The second-order valence-electron chi connectivity index (χ2n) is 5.80. The van der Waals surface area contributed by atoms with E-state index in [4.69, 9.17) is 4.74 Å². The van der Waals surface area contributed by atoms with E-state index in [1.165, 1.54) is 5.56 Å². The van der Waals surface area contributed by atoms with Crippen LogP contribution in [0.4, 0.5) is 0 Å². The maximum atomic E-state index is 5.94. The van der Waals surface area contributed by atoms with Crippen LogP contribution in [0.25, 0.3) is 5.82 Å². The van der Waals surface area contributed by atoms with Crippen molar-refractivity contribution in [1.82, 2.24) is 14.8 Å². The highest BCUT2D eigenvalue weighted by Gasteiger charge is 2.18. The zero-order chi connectivity index (χ0) is 16.2. The molecule has 0 aliphatic heterocycles. The van der Waals surface area contributed by atoms with Crippen LogP contribution in [-0.2, 0) is 6.42 Å². The number of hydrogen-bond donors (Lipinski definition) is 0. The summed E-state index contributed by atoms with van der Waals surface area (Å²) in [5.74, 6) is 1.49. The molecule has 23 heavy (non-hydrogen) atoms. The molecular weight excluding hydrogens is 286 g/mol. The summed E-state index contributed by atoms with van der Waals surface area (Å²) in [5.41, 5.74) is 3.41. The normalized spacial score (nSPS) is 11.0. The molecular formula is C19H21N3O. The highest BCUT2D eigenvalue weighted by atomic mass is 16.5. The van der Waals surface area contributed by atoms with Crippen molar-refractivity contribution in [3.63, 3.8) is 0 Å². The quantitative estimate of drug-likeness (QED) is 0.716. The highest BCUT2D eigenvalue weighted by molar-refractivity contribution is 5.40. The molecule has 118 valence electrons. The van der Waals surface area contributed by atoms with Crippen LogP contribution in [0.5, 0.6) is 5.88 Å². The number of nitrogens with zero attached hydrogens (tertiary/aromatic N) is 3. The second-order valence-corrected chi connectivity index (χ2v) is 5.80.